The Hall–Kier alpha value is -3.95. The van der Waals surface area contributed by atoms with Gasteiger partial charge in [-0.05, 0) is 37.3 Å². The molecule has 0 saturated heterocycles. The highest BCUT2D eigenvalue weighted by Gasteiger charge is 2.22. The third-order valence-electron chi connectivity index (χ3n) is 3.82. The summed E-state index contributed by atoms with van der Waals surface area (Å²) in [7, 11) is 1.43. The number of methoxy groups -OCH3 is 1. The van der Waals surface area contributed by atoms with E-state index < -0.39 is 17.0 Å². The molecule has 0 spiro atoms. The number of esters is 1. The molecule has 3 aromatic rings. The van der Waals surface area contributed by atoms with E-state index in [1.165, 1.54) is 56.5 Å². The van der Waals surface area contributed by atoms with Gasteiger partial charge in [0, 0.05) is 17.7 Å². The fourth-order valence-electron chi connectivity index (χ4n) is 2.32. The van der Waals surface area contributed by atoms with Gasteiger partial charge in [0.2, 0.25) is 5.89 Å². The number of ether oxygens (including phenoxy) is 2. The predicted molar refractivity (Wildman–Crippen MR) is 94.9 cm³/mol. The molecule has 3 rings (SSSR count). The van der Waals surface area contributed by atoms with Crippen molar-refractivity contribution in [3.63, 3.8) is 0 Å². The predicted octanol–water partition coefficient (Wildman–Crippen LogP) is 3.28. The van der Waals surface area contributed by atoms with Gasteiger partial charge in [-0.2, -0.15) is 0 Å². The summed E-state index contributed by atoms with van der Waals surface area (Å²) < 4.78 is 15.8. The fraction of sp³-hybridized carbons (Fsp3) is 0.167. The maximum absolute atomic E-state index is 12.3. The average Bonchev–Trinajstić information content (AvgIpc) is 3.18. The van der Waals surface area contributed by atoms with E-state index in [2.05, 4.69) is 10.2 Å². The number of rotatable bonds is 6. The lowest BCUT2D eigenvalue weighted by molar-refractivity contribution is -0.384. The number of phenolic OH excluding ortho intramolecular Hbond substituents is 1. The number of aromatic nitrogens is 2. The molecule has 0 saturated carbocycles. The Labute approximate surface area is 158 Å². The van der Waals surface area contributed by atoms with E-state index in [0.29, 0.717) is 11.3 Å². The quantitative estimate of drug-likeness (QED) is 0.385. The molecule has 10 heteroatoms. The molecule has 1 atom stereocenters. The number of benzene rings is 2. The van der Waals surface area contributed by atoms with Gasteiger partial charge < -0.3 is 19.0 Å². The molecule has 10 nitrogen and oxygen atoms in total. The minimum atomic E-state index is -0.891. The lowest BCUT2D eigenvalue weighted by Crippen LogP contribution is -2.10. The standard InChI is InChI=1S/C18H15N3O7/c1-10(27-18(23)14-9-13(26-2)7-8-15(14)22)16-19-20-17(28-16)11-3-5-12(6-4-11)21(24)25/h3-10,22H,1-2H3/t10-/m1/s1. The number of nitrogens with zero attached hydrogens (tertiary/aromatic N) is 3. The van der Waals surface area contributed by atoms with Crippen LogP contribution in [0.25, 0.3) is 11.5 Å². The SMILES string of the molecule is COc1ccc(O)c(C(=O)O[C@H](C)c2nnc(-c3ccc([N+](=O)[O-])cc3)o2)c1. The van der Waals surface area contributed by atoms with Crippen LogP contribution in [0.4, 0.5) is 5.69 Å². The zero-order valence-electron chi connectivity index (χ0n) is 14.9. The van der Waals surface area contributed by atoms with Crippen molar-refractivity contribution in [3.8, 4) is 23.0 Å². The number of non-ortho nitro benzene ring substituents is 1. The minimum absolute atomic E-state index is 0.0316. The molecule has 0 fully saturated rings. The van der Waals surface area contributed by atoms with Crippen molar-refractivity contribution in [2.24, 2.45) is 0 Å². The largest absolute Gasteiger partial charge is 0.507 e. The molecule has 0 amide bonds. The summed E-state index contributed by atoms with van der Waals surface area (Å²) in [4.78, 5) is 22.5. The van der Waals surface area contributed by atoms with Crippen LogP contribution >= 0.6 is 0 Å². The van der Waals surface area contributed by atoms with Gasteiger partial charge in [0.05, 0.1) is 12.0 Å². The Morgan fingerprint density at radius 1 is 1.21 bits per heavy atom. The Bertz CT molecular complexity index is 1010. The third-order valence-corrected chi connectivity index (χ3v) is 3.82. The van der Waals surface area contributed by atoms with E-state index in [1.807, 2.05) is 0 Å². The van der Waals surface area contributed by atoms with Crippen LogP contribution in [0.5, 0.6) is 11.5 Å². The number of nitro groups is 1. The number of hydrogen-bond acceptors (Lipinski definition) is 9. The molecular formula is C18H15N3O7. The smallest absolute Gasteiger partial charge is 0.342 e. The third kappa shape index (κ3) is 3.90. The summed E-state index contributed by atoms with van der Waals surface area (Å²) in [5.74, 6) is -0.508. The molecule has 0 unspecified atom stereocenters. The molecule has 0 radical (unpaired) electrons. The van der Waals surface area contributed by atoms with Crippen molar-refractivity contribution in [1.29, 1.82) is 0 Å². The number of carbonyl (C=O) groups is 1. The zero-order valence-corrected chi connectivity index (χ0v) is 14.9. The summed E-state index contributed by atoms with van der Waals surface area (Å²) in [6.07, 6.45) is -0.891. The van der Waals surface area contributed by atoms with Crippen LogP contribution in [0.1, 0.15) is 29.3 Å². The molecule has 2 aromatic carbocycles. The number of aromatic hydroxyl groups is 1. The lowest BCUT2D eigenvalue weighted by atomic mass is 10.2. The molecule has 0 aliphatic heterocycles. The normalized spacial score (nSPS) is 11.6. The Morgan fingerprint density at radius 3 is 2.57 bits per heavy atom. The summed E-state index contributed by atoms with van der Waals surface area (Å²) in [6.45, 7) is 1.53. The van der Waals surface area contributed by atoms with E-state index in [1.54, 1.807) is 0 Å². The molecule has 1 N–H and O–H groups in total. The first kappa shape index (κ1) is 18.8. The minimum Gasteiger partial charge on any atom is -0.507 e. The molecular weight excluding hydrogens is 370 g/mol. The summed E-state index contributed by atoms with van der Waals surface area (Å²) in [6, 6.07) is 9.74. The molecule has 144 valence electrons. The first-order valence-corrected chi connectivity index (χ1v) is 8.05. The van der Waals surface area contributed by atoms with Crippen LogP contribution in [-0.4, -0.2) is 33.3 Å². The fourth-order valence-corrected chi connectivity index (χ4v) is 2.32. The highest BCUT2D eigenvalue weighted by molar-refractivity contribution is 5.93. The topological polar surface area (TPSA) is 138 Å². The molecule has 0 aliphatic carbocycles. The molecule has 1 aromatic heterocycles. The summed E-state index contributed by atoms with van der Waals surface area (Å²) in [5.41, 5.74) is 0.346. The maximum atomic E-state index is 12.3. The number of nitro benzene ring substituents is 1. The van der Waals surface area contributed by atoms with Crippen molar-refractivity contribution in [3.05, 3.63) is 64.0 Å². The van der Waals surface area contributed by atoms with Crippen LogP contribution in [0, 0.1) is 10.1 Å². The van der Waals surface area contributed by atoms with Crippen LogP contribution in [0.15, 0.2) is 46.9 Å². The van der Waals surface area contributed by atoms with Gasteiger partial charge in [0.25, 0.3) is 11.6 Å². The van der Waals surface area contributed by atoms with E-state index in [0.717, 1.165) is 0 Å². The monoisotopic (exact) mass is 385 g/mol. The van der Waals surface area contributed by atoms with Crippen molar-refractivity contribution >= 4 is 11.7 Å². The highest BCUT2D eigenvalue weighted by atomic mass is 16.6. The zero-order chi connectivity index (χ0) is 20.3. The van der Waals surface area contributed by atoms with Crippen LogP contribution in [0.3, 0.4) is 0 Å². The van der Waals surface area contributed by atoms with Crippen molar-refractivity contribution in [2.75, 3.05) is 7.11 Å². The van der Waals surface area contributed by atoms with Crippen LogP contribution in [-0.2, 0) is 4.74 Å². The van der Waals surface area contributed by atoms with E-state index in [9.17, 15) is 20.0 Å². The Balaban J connectivity index is 1.74. The van der Waals surface area contributed by atoms with Crippen LogP contribution in [0.2, 0.25) is 0 Å². The maximum Gasteiger partial charge on any atom is 0.342 e. The second-order valence-electron chi connectivity index (χ2n) is 5.68. The van der Waals surface area contributed by atoms with E-state index in [-0.39, 0.29) is 28.8 Å². The first-order valence-electron chi connectivity index (χ1n) is 8.05. The second kappa shape index (κ2) is 7.74. The Morgan fingerprint density at radius 2 is 1.93 bits per heavy atom. The number of carbonyl (C=O) groups excluding carboxylic acids is 1. The lowest BCUT2D eigenvalue weighted by Gasteiger charge is -2.11. The van der Waals surface area contributed by atoms with Gasteiger partial charge in [-0.3, -0.25) is 10.1 Å². The highest BCUT2D eigenvalue weighted by Crippen LogP contribution is 2.27. The number of hydrogen-bond donors (Lipinski definition) is 1. The summed E-state index contributed by atoms with van der Waals surface area (Å²) >= 11 is 0. The van der Waals surface area contributed by atoms with Gasteiger partial charge in [-0.1, -0.05) is 0 Å². The van der Waals surface area contributed by atoms with Crippen LogP contribution < -0.4 is 4.74 Å². The van der Waals surface area contributed by atoms with Crippen molar-refractivity contribution < 1.29 is 28.7 Å². The molecule has 1 heterocycles. The van der Waals surface area contributed by atoms with Gasteiger partial charge in [0.15, 0.2) is 6.10 Å². The number of phenols is 1. The molecule has 0 bridgehead atoms. The van der Waals surface area contributed by atoms with E-state index >= 15 is 0 Å². The molecule has 28 heavy (non-hydrogen) atoms. The van der Waals surface area contributed by atoms with E-state index in [4.69, 9.17) is 13.9 Å². The average molecular weight is 385 g/mol. The van der Waals surface area contributed by atoms with Gasteiger partial charge in [-0.15, -0.1) is 10.2 Å². The van der Waals surface area contributed by atoms with Crippen molar-refractivity contribution in [2.45, 2.75) is 13.0 Å². The molecule has 0 aliphatic rings. The first-order chi connectivity index (χ1) is 13.4. The Kier molecular flexibility index (Phi) is 5.21. The van der Waals surface area contributed by atoms with Gasteiger partial charge in [-0.25, -0.2) is 4.79 Å². The van der Waals surface area contributed by atoms with Gasteiger partial charge in [0.1, 0.15) is 17.1 Å². The second-order valence-corrected chi connectivity index (χ2v) is 5.68. The summed E-state index contributed by atoms with van der Waals surface area (Å²) in [5, 5.41) is 28.2. The van der Waals surface area contributed by atoms with Crippen molar-refractivity contribution in [1.82, 2.24) is 10.2 Å². The van der Waals surface area contributed by atoms with Gasteiger partial charge >= 0.3 is 5.97 Å².